The first kappa shape index (κ1) is 15.3. The third-order valence-electron chi connectivity index (χ3n) is 3.19. The normalized spacial score (nSPS) is 25.8. The molecule has 0 spiro atoms. The van der Waals surface area contributed by atoms with Gasteiger partial charge in [0.2, 0.25) is 0 Å². The molecule has 8 heteroatoms. The molecular weight excluding hydrogens is 287 g/mol. The Morgan fingerprint density at radius 3 is 2.76 bits per heavy atom. The van der Waals surface area contributed by atoms with Gasteiger partial charge in [0.05, 0.1) is 12.2 Å². The van der Waals surface area contributed by atoms with Crippen molar-refractivity contribution in [3.8, 4) is 0 Å². The van der Waals surface area contributed by atoms with E-state index < -0.39 is 29.8 Å². The minimum atomic E-state index is -2.80. The van der Waals surface area contributed by atoms with Crippen LogP contribution in [-0.4, -0.2) is 30.9 Å². The highest BCUT2D eigenvalue weighted by Gasteiger charge is 2.38. The Labute approximate surface area is 118 Å². The zero-order valence-corrected chi connectivity index (χ0v) is 11.1. The minimum Gasteiger partial charge on any atom is -0.385 e. The average Bonchev–Trinajstić information content (AvgIpc) is 2.37. The maximum atomic E-state index is 13.8. The molecule has 1 heterocycles. The third kappa shape index (κ3) is 2.85. The van der Waals surface area contributed by atoms with Crippen LogP contribution in [-0.2, 0) is 10.3 Å². The summed E-state index contributed by atoms with van der Waals surface area (Å²) in [5, 5.41) is 0. The largest absolute Gasteiger partial charge is 0.385 e. The van der Waals surface area contributed by atoms with Gasteiger partial charge < -0.3 is 16.2 Å². The van der Waals surface area contributed by atoms with Gasteiger partial charge in [0.1, 0.15) is 17.2 Å². The summed E-state index contributed by atoms with van der Waals surface area (Å²) in [6.45, 7) is 1.32. The van der Waals surface area contributed by atoms with Crippen LogP contribution >= 0.6 is 0 Å². The van der Waals surface area contributed by atoms with Crippen molar-refractivity contribution < 1.29 is 22.7 Å². The van der Waals surface area contributed by atoms with Crippen LogP contribution in [0.2, 0.25) is 0 Å². The van der Waals surface area contributed by atoms with Gasteiger partial charge in [-0.05, 0) is 30.7 Å². The number of carbonyl (C=O) groups excluding carboxylic acids is 1. The van der Waals surface area contributed by atoms with Crippen molar-refractivity contribution in [3.05, 3.63) is 35.1 Å². The van der Waals surface area contributed by atoms with Crippen molar-refractivity contribution in [2.24, 2.45) is 16.5 Å². The van der Waals surface area contributed by atoms with Crippen LogP contribution in [0.3, 0.4) is 0 Å². The van der Waals surface area contributed by atoms with E-state index in [1.54, 1.807) is 0 Å². The first-order chi connectivity index (χ1) is 9.74. The van der Waals surface area contributed by atoms with Crippen LogP contribution in [0.25, 0.3) is 0 Å². The second-order valence-corrected chi connectivity index (χ2v) is 4.85. The van der Waals surface area contributed by atoms with E-state index >= 15 is 0 Å². The number of hydrogen-bond donors (Lipinski definition) is 2. The van der Waals surface area contributed by atoms with E-state index in [9.17, 15) is 18.0 Å². The van der Waals surface area contributed by atoms with Crippen molar-refractivity contribution in [1.82, 2.24) is 0 Å². The maximum Gasteiger partial charge on any atom is 0.271 e. The number of primary amides is 1. The number of halogens is 3. The van der Waals surface area contributed by atoms with E-state index in [0.717, 1.165) is 12.1 Å². The summed E-state index contributed by atoms with van der Waals surface area (Å²) in [5.74, 6) is -2.14. The Kier molecular flexibility index (Phi) is 3.91. The number of nitrogens with two attached hydrogens (primary N) is 2. The first-order valence-electron chi connectivity index (χ1n) is 6.01. The molecule has 0 aliphatic carbocycles. The van der Waals surface area contributed by atoms with Gasteiger partial charge in [-0.3, -0.25) is 9.79 Å². The predicted octanol–water partition coefficient (Wildman–Crippen LogP) is 0.961. The standard InChI is InChI=1S/C13H13F3N3O2/c1-13(5-21-9(10(15)16)11(17)19-13)6-2-3-7(12(18)20)8(14)4-6/h3-4,9-10H,5H2,1H3,(H2,17,19)(H2,18,20). The number of amides is 1. The summed E-state index contributed by atoms with van der Waals surface area (Å²) in [7, 11) is 0. The molecule has 1 amide bonds. The lowest BCUT2D eigenvalue weighted by molar-refractivity contribution is -0.0431. The van der Waals surface area contributed by atoms with Crippen LogP contribution in [0.5, 0.6) is 0 Å². The van der Waals surface area contributed by atoms with E-state index in [-0.39, 0.29) is 23.6 Å². The summed E-state index contributed by atoms with van der Waals surface area (Å²) in [6, 6.07) is 4.77. The maximum absolute atomic E-state index is 13.8. The Hall–Kier alpha value is -2.09. The Bertz CT molecular complexity index is 606. The molecule has 0 fully saturated rings. The predicted molar refractivity (Wildman–Crippen MR) is 68.5 cm³/mol. The molecule has 4 N–H and O–H groups in total. The highest BCUT2D eigenvalue weighted by molar-refractivity contribution is 5.93. The molecule has 2 unspecified atom stereocenters. The fourth-order valence-corrected chi connectivity index (χ4v) is 2.02. The Morgan fingerprint density at radius 2 is 2.29 bits per heavy atom. The topological polar surface area (TPSA) is 90.7 Å². The third-order valence-corrected chi connectivity index (χ3v) is 3.19. The van der Waals surface area contributed by atoms with Crippen LogP contribution in [0.4, 0.5) is 13.2 Å². The summed E-state index contributed by atoms with van der Waals surface area (Å²) in [4.78, 5) is 14.9. The number of benzene rings is 1. The van der Waals surface area contributed by atoms with Crippen LogP contribution in [0.1, 0.15) is 22.8 Å². The second-order valence-electron chi connectivity index (χ2n) is 4.85. The van der Waals surface area contributed by atoms with Gasteiger partial charge in [-0.2, -0.15) is 0 Å². The Morgan fingerprint density at radius 1 is 1.62 bits per heavy atom. The molecule has 0 aromatic heterocycles. The molecule has 1 radical (unpaired) electrons. The molecule has 1 aliphatic heterocycles. The van der Waals surface area contributed by atoms with E-state index in [1.807, 2.05) is 0 Å². The van der Waals surface area contributed by atoms with Crippen molar-refractivity contribution in [2.45, 2.75) is 25.0 Å². The quantitative estimate of drug-likeness (QED) is 0.871. The molecule has 0 saturated heterocycles. The van der Waals surface area contributed by atoms with Gasteiger partial charge in [0.25, 0.3) is 12.3 Å². The zero-order chi connectivity index (χ0) is 15.8. The molecule has 21 heavy (non-hydrogen) atoms. The summed E-state index contributed by atoms with van der Waals surface area (Å²) >= 11 is 0. The van der Waals surface area contributed by atoms with Crippen molar-refractivity contribution in [2.75, 3.05) is 6.61 Å². The zero-order valence-electron chi connectivity index (χ0n) is 11.1. The molecule has 2 atom stereocenters. The van der Waals surface area contributed by atoms with E-state index in [1.165, 1.54) is 6.92 Å². The van der Waals surface area contributed by atoms with Crippen LogP contribution < -0.4 is 11.5 Å². The van der Waals surface area contributed by atoms with Crippen LogP contribution in [0.15, 0.2) is 17.1 Å². The van der Waals surface area contributed by atoms with E-state index in [0.29, 0.717) is 0 Å². The van der Waals surface area contributed by atoms with Crippen LogP contribution in [0, 0.1) is 11.9 Å². The summed E-state index contributed by atoms with van der Waals surface area (Å²) in [6.07, 6.45) is -4.37. The van der Waals surface area contributed by atoms with Gasteiger partial charge in [-0.1, -0.05) is 0 Å². The highest BCUT2D eigenvalue weighted by atomic mass is 19.3. The monoisotopic (exact) mass is 300 g/mol. The lowest BCUT2D eigenvalue weighted by Crippen LogP contribution is -2.47. The van der Waals surface area contributed by atoms with Gasteiger partial charge in [0, 0.05) is 0 Å². The number of amidine groups is 1. The number of aliphatic imine (C=N–C) groups is 1. The van der Waals surface area contributed by atoms with Gasteiger partial charge in [-0.15, -0.1) is 0 Å². The number of alkyl halides is 2. The average molecular weight is 300 g/mol. The van der Waals surface area contributed by atoms with Gasteiger partial charge in [0.15, 0.2) is 6.10 Å². The SMILES string of the molecule is CC1(c2[c]cc(C(N)=O)c(F)c2)COC(C(F)F)C(N)=N1. The fourth-order valence-electron chi connectivity index (χ4n) is 2.02. The molecule has 1 aromatic carbocycles. The van der Waals surface area contributed by atoms with Crippen molar-refractivity contribution in [3.63, 3.8) is 0 Å². The minimum absolute atomic E-state index is 0.214. The summed E-state index contributed by atoms with van der Waals surface area (Å²) < 4.78 is 44.0. The highest BCUT2D eigenvalue weighted by Crippen LogP contribution is 2.31. The Balaban J connectivity index is 2.38. The van der Waals surface area contributed by atoms with E-state index in [2.05, 4.69) is 11.1 Å². The lowest BCUT2D eigenvalue weighted by atomic mass is 9.91. The molecule has 113 valence electrons. The number of nitrogens with zero attached hydrogens (tertiary/aromatic N) is 1. The number of ether oxygens (including phenoxy) is 1. The second kappa shape index (κ2) is 5.36. The number of carbonyl (C=O) groups is 1. The molecule has 2 rings (SSSR count). The molecule has 1 aliphatic rings. The van der Waals surface area contributed by atoms with E-state index in [4.69, 9.17) is 16.2 Å². The molecule has 5 nitrogen and oxygen atoms in total. The number of rotatable bonds is 3. The number of hydrogen-bond acceptors (Lipinski definition) is 4. The van der Waals surface area contributed by atoms with Crippen molar-refractivity contribution >= 4 is 11.7 Å². The van der Waals surface area contributed by atoms with Gasteiger partial charge >= 0.3 is 0 Å². The fraction of sp³-hybridized carbons (Fsp3) is 0.385. The van der Waals surface area contributed by atoms with Gasteiger partial charge in [-0.25, -0.2) is 13.2 Å². The molecular formula is C13H13F3N3O2. The summed E-state index contributed by atoms with van der Waals surface area (Å²) in [5.41, 5.74) is 9.21. The molecule has 0 saturated carbocycles. The molecule has 1 aromatic rings. The molecule has 0 bridgehead atoms. The smallest absolute Gasteiger partial charge is 0.271 e. The lowest BCUT2D eigenvalue weighted by Gasteiger charge is -2.33. The first-order valence-corrected chi connectivity index (χ1v) is 6.01. The van der Waals surface area contributed by atoms with Crippen molar-refractivity contribution in [1.29, 1.82) is 0 Å².